The van der Waals surface area contributed by atoms with E-state index in [2.05, 4.69) is 35.1 Å². The molecule has 4 heteroatoms. The maximum absolute atomic E-state index is 11.8. The Morgan fingerprint density at radius 3 is 2.14 bits per heavy atom. The lowest BCUT2D eigenvalue weighted by Crippen LogP contribution is -2.50. The van der Waals surface area contributed by atoms with Gasteiger partial charge in [0.15, 0.2) is 0 Å². The number of nitrogens with one attached hydrogen (secondary N) is 2. The molecule has 0 heterocycles. The standard InChI is InChI=1S/C18H26N2O2/c1-18(2,3)22-17(21)20-19-16-14-8-9-15(16)11-13-7-5-4-6-12(13)10-14/h4-7,14-16,19H,8-11H2,1-3H3,(H,20,21). The molecule has 2 N–H and O–H groups in total. The Morgan fingerprint density at radius 2 is 1.64 bits per heavy atom. The summed E-state index contributed by atoms with van der Waals surface area (Å²) in [7, 11) is 0. The van der Waals surface area contributed by atoms with Crippen molar-refractivity contribution in [3.05, 3.63) is 35.4 Å². The Morgan fingerprint density at radius 1 is 1.09 bits per heavy atom. The zero-order valence-electron chi connectivity index (χ0n) is 13.7. The summed E-state index contributed by atoms with van der Waals surface area (Å²) in [5, 5.41) is 0. The van der Waals surface area contributed by atoms with Crippen molar-refractivity contribution in [2.75, 3.05) is 0 Å². The summed E-state index contributed by atoms with van der Waals surface area (Å²) < 4.78 is 5.30. The van der Waals surface area contributed by atoms with Crippen molar-refractivity contribution in [3.8, 4) is 0 Å². The summed E-state index contributed by atoms with van der Waals surface area (Å²) in [4.78, 5) is 11.8. The van der Waals surface area contributed by atoms with Crippen LogP contribution in [0.1, 0.15) is 44.7 Å². The molecule has 1 amide bonds. The second kappa shape index (κ2) is 5.92. The van der Waals surface area contributed by atoms with Crippen LogP contribution in [0.3, 0.4) is 0 Å². The minimum Gasteiger partial charge on any atom is -0.443 e. The number of benzene rings is 1. The Hall–Kier alpha value is -1.55. The van der Waals surface area contributed by atoms with Gasteiger partial charge in [0.05, 0.1) is 0 Å². The van der Waals surface area contributed by atoms with Crippen LogP contribution >= 0.6 is 0 Å². The van der Waals surface area contributed by atoms with Gasteiger partial charge in [0.2, 0.25) is 0 Å². The van der Waals surface area contributed by atoms with E-state index < -0.39 is 11.7 Å². The van der Waals surface area contributed by atoms with Crippen molar-refractivity contribution < 1.29 is 9.53 Å². The van der Waals surface area contributed by atoms with E-state index >= 15 is 0 Å². The first-order valence-corrected chi connectivity index (χ1v) is 8.24. The SMILES string of the molecule is CC(C)(C)OC(=O)NNC1C2CCC1Cc1ccccc1C2. The van der Waals surface area contributed by atoms with Crippen LogP contribution in [0.2, 0.25) is 0 Å². The Kier molecular flexibility index (Phi) is 4.13. The summed E-state index contributed by atoms with van der Waals surface area (Å²) >= 11 is 0. The predicted molar refractivity (Wildman–Crippen MR) is 86.4 cm³/mol. The van der Waals surface area contributed by atoms with Crippen LogP contribution in [0.5, 0.6) is 0 Å². The summed E-state index contributed by atoms with van der Waals surface area (Å²) in [5.41, 5.74) is 8.48. The van der Waals surface area contributed by atoms with Crippen LogP contribution in [0.25, 0.3) is 0 Å². The van der Waals surface area contributed by atoms with E-state index in [1.54, 1.807) is 0 Å². The minimum absolute atomic E-state index is 0.333. The lowest BCUT2D eigenvalue weighted by atomic mass is 9.94. The first-order valence-electron chi connectivity index (χ1n) is 8.24. The summed E-state index contributed by atoms with van der Waals surface area (Å²) in [6.45, 7) is 5.62. The molecule has 2 atom stereocenters. The summed E-state index contributed by atoms with van der Waals surface area (Å²) in [6.07, 6.45) is 4.26. The number of fused-ring (bicyclic) bond motifs is 3. The second-order valence-corrected chi connectivity index (χ2v) is 7.57. The molecule has 2 unspecified atom stereocenters. The van der Waals surface area contributed by atoms with E-state index in [0.29, 0.717) is 17.9 Å². The van der Waals surface area contributed by atoms with Gasteiger partial charge in [-0.2, -0.15) is 0 Å². The van der Waals surface area contributed by atoms with E-state index in [0.717, 1.165) is 12.8 Å². The van der Waals surface area contributed by atoms with Gasteiger partial charge in [-0.25, -0.2) is 10.2 Å². The van der Waals surface area contributed by atoms with Gasteiger partial charge >= 0.3 is 6.09 Å². The van der Waals surface area contributed by atoms with Gasteiger partial charge < -0.3 is 4.74 Å². The van der Waals surface area contributed by atoms with E-state index in [9.17, 15) is 4.79 Å². The van der Waals surface area contributed by atoms with Crippen molar-refractivity contribution >= 4 is 6.09 Å². The zero-order valence-corrected chi connectivity index (χ0v) is 13.7. The third-order valence-electron chi connectivity index (χ3n) is 4.75. The van der Waals surface area contributed by atoms with Gasteiger partial charge in [0, 0.05) is 6.04 Å². The predicted octanol–water partition coefficient (Wildman–Crippen LogP) is 3.21. The highest BCUT2D eigenvalue weighted by Gasteiger charge is 2.39. The van der Waals surface area contributed by atoms with Crippen LogP contribution in [0.4, 0.5) is 4.79 Å². The number of carbonyl (C=O) groups excluding carboxylic acids is 1. The number of carbonyl (C=O) groups is 1. The lowest BCUT2D eigenvalue weighted by molar-refractivity contribution is 0.0476. The molecule has 120 valence electrons. The van der Waals surface area contributed by atoms with Crippen LogP contribution in [0, 0.1) is 11.8 Å². The topological polar surface area (TPSA) is 50.4 Å². The van der Waals surface area contributed by atoms with Gasteiger partial charge in [-0.15, -0.1) is 0 Å². The number of hydrogen-bond donors (Lipinski definition) is 2. The van der Waals surface area contributed by atoms with Crippen molar-refractivity contribution in [1.82, 2.24) is 10.9 Å². The molecule has 2 aliphatic rings. The van der Waals surface area contributed by atoms with Gasteiger partial charge in [-0.1, -0.05) is 24.3 Å². The van der Waals surface area contributed by atoms with Crippen molar-refractivity contribution in [2.45, 2.75) is 58.1 Å². The molecule has 0 radical (unpaired) electrons. The molecule has 1 aromatic carbocycles. The number of amides is 1. The molecule has 4 nitrogen and oxygen atoms in total. The molecule has 3 rings (SSSR count). The molecule has 1 saturated carbocycles. The fourth-order valence-electron chi connectivity index (χ4n) is 3.83. The highest BCUT2D eigenvalue weighted by atomic mass is 16.6. The number of ether oxygens (including phenoxy) is 1. The summed E-state index contributed by atoms with van der Waals surface area (Å²) in [5.74, 6) is 1.17. The molecule has 0 aliphatic heterocycles. The molecule has 1 fully saturated rings. The average molecular weight is 302 g/mol. The molecule has 0 saturated heterocycles. The van der Waals surface area contributed by atoms with Crippen molar-refractivity contribution in [3.63, 3.8) is 0 Å². The third kappa shape index (κ3) is 3.43. The monoisotopic (exact) mass is 302 g/mol. The van der Waals surface area contributed by atoms with Crippen molar-refractivity contribution in [2.24, 2.45) is 11.8 Å². The quantitative estimate of drug-likeness (QED) is 0.825. The third-order valence-corrected chi connectivity index (χ3v) is 4.75. The number of hydrazine groups is 1. The van der Waals surface area contributed by atoms with E-state index in [1.165, 1.54) is 24.0 Å². The Balaban J connectivity index is 1.63. The maximum Gasteiger partial charge on any atom is 0.422 e. The van der Waals surface area contributed by atoms with Crippen LogP contribution in [-0.4, -0.2) is 17.7 Å². The molecular formula is C18H26N2O2. The first-order chi connectivity index (χ1) is 10.4. The number of rotatable bonds is 2. The number of hydrogen-bond acceptors (Lipinski definition) is 3. The Bertz CT molecular complexity index is 517. The molecule has 2 bridgehead atoms. The maximum atomic E-state index is 11.8. The highest BCUT2D eigenvalue weighted by molar-refractivity contribution is 5.67. The molecule has 0 spiro atoms. The van der Waals surface area contributed by atoms with Gasteiger partial charge in [-0.3, -0.25) is 5.43 Å². The molecular weight excluding hydrogens is 276 g/mol. The Labute approximate surface area is 132 Å². The fraction of sp³-hybridized carbons (Fsp3) is 0.611. The average Bonchev–Trinajstić information content (AvgIpc) is 2.69. The van der Waals surface area contributed by atoms with Gasteiger partial charge in [0.1, 0.15) is 5.60 Å². The first kappa shape index (κ1) is 15.3. The fourth-order valence-corrected chi connectivity index (χ4v) is 3.83. The molecule has 1 aromatic rings. The van der Waals surface area contributed by atoms with Gasteiger partial charge in [-0.05, 0) is 69.4 Å². The summed E-state index contributed by atoms with van der Waals surface area (Å²) in [6, 6.07) is 9.07. The minimum atomic E-state index is -0.468. The second-order valence-electron chi connectivity index (χ2n) is 7.57. The van der Waals surface area contributed by atoms with E-state index in [-0.39, 0.29) is 0 Å². The lowest BCUT2D eigenvalue weighted by Gasteiger charge is -2.25. The largest absolute Gasteiger partial charge is 0.443 e. The molecule has 2 aliphatic carbocycles. The highest BCUT2D eigenvalue weighted by Crippen LogP contribution is 2.39. The van der Waals surface area contributed by atoms with Crippen LogP contribution in [-0.2, 0) is 17.6 Å². The van der Waals surface area contributed by atoms with Crippen LogP contribution < -0.4 is 10.9 Å². The molecule has 22 heavy (non-hydrogen) atoms. The van der Waals surface area contributed by atoms with Crippen LogP contribution in [0.15, 0.2) is 24.3 Å². The van der Waals surface area contributed by atoms with Gasteiger partial charge in [0.25, 0.3) is 0 Å². The zero-order chi connectivity index (χ0) is 15.7. The molecule has 0 aromatic heterocycles. The van der Waals surface area contributed by atoms with E-state index in [1.807, 2.05) is 20.8 Å². The smallest absolute Gasteiger partial charge is 0.422 e. The van der Waals surface area contributed by atoms with E-state index in [4.69, 9.17) is 4.74 Å². The normalized spacial score (nSPS) is 27.0. The van der Waals surface area contributed by atoms with Crippen molar-refractivity contribution in [1.29, 1.82) is 0 Å².